The fourth-order valence-corrected chi connectivity index (χ4v) is 4.09. The molecule has 1 fully saturated rings. The number of anilines is 1. The standard InChI is InChI=1S/C19H20N4OS/c24-19(16-12-14-6-2-3-7-15(14)25-16)21-13-17-20-9-8-18(22-17)23-10-4-1-5-11-23/h2-3,6-9,12H,1,4-5,10-11,13H2,(H,21,24). The van der Waals surface area contributed by atoms with E-state index in [9.17, 15) is 4.79 Å². The number of fused-ring (bicyclic) bond motifs is 1. The molecule has 0 saturated carbocycles. The van der Waals surface area contributed by atoms with Gasteiger partial charge >= 0.3 is 0 Å². The Bertz CT molecular complexity index is 853. The number of hydrogen-bond acceptors (Lipinski definition) is 5. The number of thiophene rings is 1. The number of aromatic nitrogens is 2. The van der Waals surface area contributed by atoms with Crippen LogP contribution in [0.15, 0.2) is 42.6 Å². The number of nitrogens with zero attached hydrogens (tertiary/aromatic N) is 3. The molecule has 0 bridgehead atoms. The predicted octanol–water partition coefficient (Wildman–Crippen LogP) is 3.61. The van der Waals surface area contributed by atoms with Crippen molar-refractivity contribution in [1.82, 2.24) is 15.3 Å². The molecule has 1 aliphatic heterocycles. The summed E-state index contributed by atoms with van der Waals surface area (Å²) in [5, 5.41) is 4.03. The summed E-state index contributed by atoms with van der Waals surface area (Å²) in [6.07, 6.45) is 5.49. The smallest absolute Gasteiger partial charge is 0.261 e. The minimum atomic E-state index is -0.0758. The third-order valence-corrected chi connectivity index (χ3v) is 5.54. The van der Waals surface area contributed by atoms with Gasteiger partial charge in [0.25, 0.3) is 5.91 Å². The highest BCUT2D eigenvalue weighted by Gasteiger charge is 2.14. The molecule has 2 aromatic heterocycles. The van der Waals surface area contributed by atoms with E-state index in [1.807, 2.05) is 36.4 Å². The molecule has 1 saturated heterocycles. The quantitative estimate of drug-likeness (QED) is 0.779. The van der Waals surface area contributed by atoms with Crippen molar-refractivity contribution in [1.29, 1.82) is 0 Å². The van der Waals surface area contributed by atoms with Crippen LogP contribution in [0.1, 0.15) is 34.8 Å². The van der Waals surface area contributed by atoms with E-state index in [1.54, 1.807) is 6.20 Å². The molecule has 6 heteroatoms. The van der Waals surface area contributed by atoms with E-state index in [0.717, 1.165) is 29.0 Å². The third kappa shape index (κ3) is 3.64. The van der Waals surface area contributed by atoms with Crippen molar-refractivity contribution in [3.8, 4) is 0 Å². The highest BCUT2D eigenvalue weighted by atomic mass is 32.1. The summed E-state index contributed by atoms with van der Waals surface area (Å²) >= 11 is 1.51. The van der Waals surface area contributed by atoms with E-state index in [-0.39, 0.29) is 5.91 Å². The van der Waals surface area contributed by atoms with Gasteiger partial charge in [-0.2, -0.15) is 0 Å². The predicted molar refractivity (Wildman–Crippen MR) is 101 cm³/mol. The molecule has 0 atom stereocenters. The van der Waals surface area contributed by atoms with Crippen LogP contribution in [0.3, 0.4) is 0 Å². The van der Waals surface area contributed by atoms with Gasteiger partial charge in [-0.25, -0.2) is 9.97 Å². The van der Waals surface area contributed by atoms with E-state index in [0.29, 0.717) is 17.2 Å². The SMILES string of the molecule is O=C(NCc1nccc(N2CCCCC2)n1)c1cc2ccccc2s1. The molecule has 3 heterocycles. The summed E-state index contributed by atoms with van der Waals surface area (Å²) in [7, 11) is 0. The molecule has 0 unspecified atom stereocenters. The lowest BCUT2D eigenvalue weighted by Gasteiger charge is -2.27. The van der Waals surface area contributed by atoms with E-state index in [1.165, 1.54) is 30.6 Å². The molecule has 0 spiro atoms. The van der Waals surface area contributed by atoms with Gasteiger partial charge in [0.2, 0.25) is 0 Å². The Hall–Kier alpha value is -2.47. The van der Waals surface area contributed by atoms with Crippen molar-refractivity contribution in [2.45, 2.75) is 25.8 Å². The lowest BCUT2D eigenvalue weighted by Crippen LogP contribution is -2.31. The Morgan fingerprint density at radius 3 is 2.84 bits per heavy atom. The number of benzene rings is 1. The maximum atomic E-state index is 12.4. The molecule has 1 N–H and O–H groups in total. The number of amides is 1. The van der Waals surface area contributed by atoms with Gasteiger partial charge in [-0.05, 0) is 42.8 Å². The van der Waals surface area contributed by atoms with Crippen molar-refractivity contribution in [3.05, 3.63) is 53.3 Å². The fourth-order valence-electron chi connectivity index (χ4n) is 3.11. The van der Waals surface area contributed by atoms with Gasteiger partial charge in [-0.1, -0.05) is 18.2 Å². The lowest BCUT2D eigenvalue weighted by atomic mass is 10.1. The molecule has 0 radical (unpaired) electrons. The Labute approximate surface area is 150 Å². The molecule has 25 heavy (non-hydrogen) atoms. The topological polar surface area (TPSA) is 58.1 Å². The number of piperidine rings is 1. The molecule has 1 amide bonds. The average Bonchev–Trinajstić information content (AvgIpc) is 3.11. The maximum Gasteiger partial charge on any atom is 0.261 e. The van der Waals surface area contributed by atoms with Crippen LogP contribution in [0, 0.1) is 0 Å². The van der Waals surface area contributed by atoms with Gasteiger partial charge in [0.05, 0.1) is 11.4 Å². The van der Waals surface area contributed by atoms with Gasteiger partial charge < -0.3 is 10.2 Å². The first kappa shape index (κ1) is 16.0. The minimum Gasteiger partial charge on any atom is -0.357 e. The molecule has 0 aliphatic carbocycles. The molecule has 5 nitrogen and oxygen atoms in total. The van der Waals surface area contributed by atoms with Gasteiger partial charge in [0.1, 0.15) is 11.6 Å². The second-order valence-corrected chi connectivity index (χ2v) is 7.29. The number of nitrogens with one attached hydrogen (secondary N) is 1. The lowest BCUT2D eigenvalue weighted by molar-refractivity contribution is 0.0954. The van der Waals surface area contributed by atoms with Gasteiger partial charge in [-0.3, -0.25) is 4.79 Å². The number of rotatable bonds is 4. The van der Waals surface area contributed by atoms with Crippen molar-refractivity contribution in [2.75, 3.05) is 18.0 Å². The molecular formula is C19H20N4OS. The van der Waals surface area contributed by atoms with Crippen LogP contribution in [-0.4, -0.2) is 29.0 Å². The molecule has 1 aliphatic rings. The van der Waals surface area contributed by atoms with Crippen molar-refractivity contribution in [2.24, 2.45) is 0 Å². The zero-order valence-corrected chi connectivity index (χ0v) is 14.8. The van der Waals surface area contributed by atoms with Crippen molar-refractivity contribution in [3.63, 3.8) is 0 Å². The molecule has 3 aromatic rings. The second kappa shape index (κ2) is 7.19. The van der Waals surface area contributed by atoms with E-state index in [4.69, 9.17) is 0 Å². The summed E-state index contributed by atoms with van der Waals surface area (Å²) < 4.78 is 1.12. The monoisotopic (exact) mass is 352 g/mol. The highest BCUT2D eigenvalue weighted by Crippen LogP contribution is 2.25. The van der Waals surface area contributed by atoms with Crippen molar-refractivity contribution >= 4 is 33.1 Å². The van der Waals surface area contributed by atoms with Gasteiger partial charge in [-0.15, -0.1) is 11.3 Å². The molecule has 1 aromatic carbocycles. The van der Waals surface area contributed by atoms with Crippen LogP contribution in [-0.2, 0) is 6.54 Å². The first-order chi connectivity index (χ1) is 12.3. The van der Waals surface area contributed by atoms with E-state index in [2.05, 4.69) is 20.2 Å². The van der Waals surface area contributed by atoms with Crippen LogP contribution in [0.4, 0.5) is 5.82 Å². The Morgan fingerprint density at radius 2 is 2.00 bits per heavy atom. The first-order valence-corrected chi connectivity index (χ1v) is 9.45. The fraction of sp³-hybridized carbons (Fsp3) is 0.316. The summed E-state index contributed by atoms with van der Waals surface area (Å²) in [4.78, 5) is 24.3. The molecule has 4 rings (SSSR count). The Balaban J connectivity index is 1.42. The number of hydrogen-bond donors (Lipinski definition) is 1. The average molecular weight is 352 g/mol. The van der Waals surface area contributed by atoms with E-state index >= 15 is 0 Å². The summed E-state index contributed by atoms with van der Waals surface area (Å²) in [5.74, 6) is 1.53. The minimum absolute atomic E-state index is 0.0758. The van der Waals surface area contributed by atoms with Gasteiger partial charge in [0.15, 0.2) is 0 Å². The van der Waals surface area contributed by atoms with Crippen LogP contribution >= 0.6 is 11.3 Å². The molecule has 128 valence electrons. The normalized spacial score (nSPS) is 14.6. The maximum absolute atomic E-state index is 12.4. The summed E-state index contributed by atoms with van der Waals surface area (Å²) in [6.45, 7) is 2.43. The largest absolute Gasteiger partial charge is 0.357 e. The highest BCUT2D eigenvalue weighted by molar-refractivity contribution is 7.20. The van der Waals surface area contributed by atoms with Crippen LogP contribution in [0.5, 0.6) is 0 Å². The number of carbonyl (C=O) groups excluding carboxylic acids is 1. The van der Waals surface area contributed by atoms with Gasteiger partial charge in [0, 0.05) is 24.0 Å². The zero-order valence-electron chi connectivity index (χ0n) is 13.9. The number of carbonyl (C=O) groups is 1. The van der Waals surface area contributed by atoms with Crippen LogP contribution in [0.2, 0.25) is 0 Å². The molecular weight excluding hydrogens is 332 g/mol. The van der Waals surface area contributed by atoms with E-state index < -0.39 is 0 Å². The first-order valence-electron chi connectivity index (χ1n) is 8.63. The van der Waals surface area contributed by atoms with Crippen LogP contribution < -0.4 is 10.2 Å². The van der Waals surface area contributed by atoms with Crippen molar-refractivity contribution < 1.29 is 4.79 Å². The summed E-state index contributed by atoms with van der Waals surface area (Å²) in [6, 6.07) is 11.9. The Morgan fingerprint density at radius 1 is 1.16 bits per heavy atom. The zero-order chi connectivity index (χ0) is 17.1. The third-order valence-electron chi connectivity index (χ3n) is 4.43. The van der Waals surface area contributed by atoms with Crippen LogP contribution in [0.25, 0.3) is 10.1 Å². The second-order valence-electron chi connectivity index (χ2n) is 6.21. The summed E-state index contributed by atoms with van der Waals surface area (Å²) in [5.41, 5.74) is 0. The Kier molecular flexibility index (Phi) is 4.61.